The second kappa shape index (κ2) is 8.08. The number of nitro groups is 1. The second-order valence-electron chi connectivity index (χ2n) is 5.35. The molecule has 0 aliphatic carbocycles. The number of nitrogens with zero attached hydrogens (tertiary/aromatic N) is 2. The van der Waals surface area contributed by atoms with Gasteiger partial charge in [-0.1, -0.05) is 0 Å². The maximum Gasteiger partial charge on any atom is 0.411 e. The number of hydrogen-bond donors (Lipinski definition) is 2. The lowest BCUT2D eigenvalue weighted by Crippen LogP contribution is -2.27. The van der Waals surface area contributed by atoms with Gasteiger partial charge >= 0.3 is 6.09 Å². The van der Waals surface area contributed by atoms with Gasteiger partial charge in [0.05, 0.1) is 23.3 Å². The van der Waals surface area contributed by atoms with Crippen LogP contribution in [0.25, 0.3) is 0 Å². The highest BCUT2D eigenvalue weighted by Gasteiger charge is 2.18. The van der Waals surface area contributed by atoms with Gasteiger partial charge in [0.15, 0.2) is 0 Å². The Kier molecular flexibility index (Phi) is 6.46. The average Bonchev–Trinajstić information content (AvgIpc) is 2.38. The zero-order chi connectivity index (χ0) is 17.6. The highest BCUT2D eigenvalue weighted by atomic mass is 16.6. The predicted octanol–water partition coefficient (Wildman–Crippen LogP) is 2.05. The Hall–Kier alpha value is -2.68. The zero-order valence-electron chi connectivity index (χ0n) is 13.5. The Morgan fingerprint density at radius 3 is 2.48 bits per heavy atom. The number of likely N-dealkylation sites (N-methyl/N-ethyl adjacent to an activating group) is 1. The van der Waals surface area contributed by atoms with Crippen LogP contribution in [0.2, 0.25) is 0 Å². The van der Waals surface area contributed by atoms with Gasteiger partial charge in [0.1, 0.15) is 5.69 Å². The van der Waals surface area contributed by atoms with Crippen LogP contribution in [0.5, 0.6) is 0 Å². The lowest BCUT2D eigenvalue weighted by atomic mass is 10.2. The number of nitro benzene ring substituents is 1. The highest BCUT2D eigenvalue weighted by Crippen LogP contribution is 2.28. The molecule has 1 aromatic rings. The van der Waals surface area contributed by atoms with Gasteiger partial charge in [0, 0.05) is 6.07 Å². The molecule has 0 aromatic heterocycles. The predicted molar refractivity (Wildman–Crippen MR) is 85.5 cm³/mol. The van der Waals surface area contributed by atoms with Crippen LogP contribution in [0.1, 0.15) is 13.8 Å². The molecule has 1 aromatic carbocycles. The third-order valence-electron chi connectivity index (χ3n) is 2.52. The lowest BCUT2D eigenvalue weighted by molar-refractivity contribution is -0.383. The van der Waals surface area contributed by atoms with E-state index in [0.29, 0.717) is 0 Å². The van der Waals surface area contributed by atoms with Crippen molar-refractivity contribution in [3.8, 4) is 0 Å². The van der Waals surface area contributed by atoms with E-state index in [9.17, 15) is 19.7 Å². The summed E-state index contributed by atoms with van der Waals surface area (Å²) in [5.41, 5.74) is -0.0583. The van der Waals surface area contributed by atoms with Crippen molar-refractivity contribution in [1.82, 2.24) is 4.90 Å². The third kappa shape index (κ3) is 6.30. The number of ether oxygens (including phenoxy) is 1. The molecule has 126 valence electrons. The number of amides is 2. The molecule has 0 aliphatic rings. The van der Waals surface area contributed by atoms with E-state index in [-0.39, 0.29) is 35.6 Å². The fourth-order valence-electron chi connectivity index (χ4n) is 1.70. The summed E-state index contributed by atoms with van der Waals surface area (Å²) >= 11 is 0. The van der Waals surface area contributed by atoms with Crippen LogP contribution in [0.4, 0.5) is 21.9 Å². The summed E-state index contributed by atoms with van der Waals surface area (Å²) in [6.07, 6.45) is -1.02. The minimum atomic E-state index is -0.710. The first-order chi connectivity index (χ1) is 10.7. The third-order valence-corrected chi connectivity index (χ3v) is 2.52. The van der Waals surface area contributed by atoms with Crippen LogP contribution >= 0.6 is 0 Å². The second-order valence-corrected chi connectivity index (χ2v) is 5.35. The van der Waals surface area contributed by atoms with Crippen LogP contribution in [0.15, 0.2) is 18.2 Å². The van der Waals surface area contributed by atoms with E-state index in [1.165, 1.54) is 12.1 Å². The molecular formula is C14H20N4O5. The van der Waals surface area contributed by atoms with Crippen molar-refractivity contribution in [2.45, 2.75) is 20.0 Å². The molecular weight excluding hydrogens is 304 g/mol. The van der Waals surface area contributed by atoms with Crippen LogP contribution in [0.3, 0.4) is 0 Å². The van der Waals surface area contributed by atoms with E-state index in [1.54, 1.807) is 32.8 Å². The van der Waals surface area contributed by atoms with Crippen molar-refractivity contribution < 1.29 is 19.2 Å². The molecule has 0 radical (unpaired) electrons. The summed E-state index contributed by atoms with van der Waals surface area (Å²) < 4.78 is 4.90. The molecule has 0 saturated carbocycles. The summed E-state index contributed by atoms with van der Waals surface area (Å²) in [6, 6.07) is 3.96. The van der Waals surface area contributed by atoms with Crippen LogP contribution in [-0.4, -0.2) is 48.6 Å². The molecule has 9 heteroatoms. The normalized spacial score (nSPS) is 10.5. The molecule has 1 rings (SSSR count). The summed E-state index contributed by atoms with van der Waals surface area (Å²) in [4.78, 5) is 35.4. The zero-order valence-corrected chi connectivity index (χ0v) is 13.5. The summed E-state index contributed by atoms with van der Waals surface area (Å²) in [5, 5.41) is 16.0. The van der Waals surface area contributed by atoms with Gasteiger partial charge in [0.25, 0.3) is 5.69 Å². The Morgan fingerprint density at radius 2 is 1.96 bits per heavy atom. The van der Waals surface area contributed by atoms with Crippen molar-refractivity contribution in [2.75, 3.05) is 31.3 Å². The number of anilines is 2. The van der Waals surface area contributed by atoms with Crippen molar-refractivity contribution in [2.24, 2.45) is 0 Å². The number of benzene rings is 1. The largest absolute Gasteiger partial charge is 0.447 e. The SMILES string of the molecule is CC(C)OC(=O)Nc1ccc(NC(=O)CN(C)C)c([N+](=O)[O-])c1. The number of rotatable bonds is 6. The van der Waals surface area contributed by atoms with Crippen molar-refractivity contribution >= 4 is 29.1 Å². The molecule has 2 amide bonds. The minimum absolute atomic E-state index is 0.0598. The molecule has 0 saturated heterocycles. The van der Waals surface area contributed by atoms with E-state index < -0.39 is 11.0 Å². The fraction of sp³-hybridized carbons (Fsp3) is 0.429. The van der Waals surface area contributed by atoms with Crippen LogP contribution in [-0.2, 0) is 9.53 Å². The van der Waals surface area contributed by atoms with Gasteiger partial charge in [-0.2, -0.15) is 0 Å². The average molecular weight is 324 g/mol. The molecule has 2 N–H and O–H groups in total. The fourth-order valence-corrected chi connectivity index (χ4v) is 1.70. The van der Waals surface area contributed by atoms with Gasteiger partial charge in [-0.3, -0.25) is 20.2 Å². The number of nitrogens with one attached hydrogen (secondary N) is 2. The maximum atomic E-state index is 11.7. The van der Waals surface area contributed by atoms with Gasteiger partial charge in [-0.05, 0) is 40.1 Å². The van der Waals surface area contributed by atoms with Crippen molar-refractivity contribution in [3.05, 3.63) is 28.3 Å². The Morgan fingerprint density at radius 1 is 1.30 bits per heavy atom. The van der Waals surface area contributed by atoms with Gasteiger partial charge in [-0.15, -0.1) is 0 Å². The van der Waals surface area contributed by atoms with Crippen molar-refractivity contribution in [1.29, 1.82) is 0 Å². The first-order valence-corrected chi connectivity index (χ1v) is 6.89. The quantitative estimate of drug-likeness (QED) is 0.611. The van der Waals surface area contributed by atoms with Crippen LogP contribution < -0.4 is 10.6 Å². The van der Waals surface area contributed by atoms with Gasteiger partial charge < -0.3 is 15.0 Å². The molecule has 0 bridgehead atoms. The highest BCUT2D eigenvalue weighted by molar-refractivity contribution is 5.95. The van der Waals surface area contributed by atoms with E-state index in [1.807, 2.05) is 0 Å². The van der Waals surface area contributed by atoms with E-state index >= 15 is 0 Å². The summed E-state index contributed by atoms with van der Waals surface area (Å²) in [6.45, 7) is 3.47. The maximum absolute atomic E-state index is 11.7. The van der Waals surface area contributed by atoms with E-state index in [2.05, 4.69) is 10.6 Å². The molecule has 0 aliphatic heterocycles. The monoisotopic (exact) mass is 324 g/mol. The molecule has 0 atom stereocenters. The van der Waals surface area contributed by atoms with E-state index in [4.69, 9.17) is 4.74 Å². The van der Waals surface area contributed by atoms with Crippen molar-refractivity contribution in [3.63, 3.8) is 0 Å². The van der Waals surface area contributed by atoms with Gasteiger partial charge in [-0.25, -0.2) is 4.79 Å². The number of hydrogen-bond acceptors (Lipinski definition) is 6. The molecule has 0 unspecified atom stereocenters. The summed E-state index contributed by atoms with van der Waals surface area (Å²) in [7, 11) is 3.42. The smallest absolute Gasteiger partial charge is 0.411 e. The van der Waals surface area contributed by atoms with E-state index in [0.717, 1.165) is 6.07 Å². The Balaban J connectivity index is 2.92. The first kappa shape index (κ1) is 18.4. The molecule has 0 spiro atoms. The molecule has 23 heavy (non-hydrogen) atoms. The minimum Gasteiger partial charge on any atom is -0.447 e. The lowest BCUT2D eigenvalue weighted by Gasteiger charge is -2.12. The Bertz CT molecular complexity index is 601. The number of carbonyl (C=O) groups excluding carboxylic acids is 2. The topological polar surface area (TPSA) is 114 Å². The van der Waals surface area contributed by atoms with Gasteiger partial charge in [0.2, 0.25) is 5.91 Å². The first-order valence-electron chi connectivity index (χ1n) is 6.89. The molecule has 9 nitrogen and oxygen atoms in total. The summed E-state index contributed by atoms with van der Waals surface area (Å²) in [5.74, 6) is -0.377. The standard InChI is InChI=1S/C14H20N4O5/c1-9(2)23-14(20)15-10-5-6-11(12(7-10)18(21)22)16-13(19)8-17(3)4/h5-7,9H,8H2,1-4H3,(H,15,20)(H,16,19). The number of carbonyl (C=O) groups is 2. The Labute approximate surface area is 133 Å². The molecule has 0 fully saturated rings. The molecule has 0 heterocycles. The van der Waals surface area contributed by atoms with Crippen LogP contribution in [0, 0.1) is 10.1 Å².